The van der Waals surface area contributed by atoms with Crippen LogP contribution < -0.4 is 20.9 Å². The van der Waals surface area contributed by atoms with Crippen LogP contribution in [0.5, 0.6) is 11.5 Å². The van der Waals surface area contributed by atoms with Crippen LogP contribution in [0.3, 0.4) is 0 Å². The first-order valence-corrected chi connectivity index (χ1v) is 13.7. The van der Waals surface area contributed by atoms with Gasteiger partial charge in [-0.25, -0.2) is 0 Å². The molecule has 0 amide bonds. The van der Waals surface area contributed by atoms with Crippen molar-refractivity contribution < 1.29 is 9.47 Å². The molecule has 0 heterocycles. The molecule has 0 spiro atoms. The molecule has 2 rings (SSSR count). The summed E-state index contributed by atoms with van der Waals surface area (Å²) in [6.07, 6.45) is 17.8. The summed E-state index contributed by atoms with van der Waals surface area (Å²) in [5.74, 6) is 1.52. The number of nitrogens with two attached hydrogens (primary N) is 2. The van der Waals surface area contributed by atoms with Crippen molar-refractivity contribution in [1.29, 1.82) is 0 Å². The normalized spacial score (nSPS) is 11.0. The molecule has 0 aliphatic carbocycles. The number of hydrogen-bond donors (Lipinski definition) is 2. The van der Waals surface area contributed by atoms with Gasteiger partial charge in [-0.15, -0.1) is 0 Å². The summed E-state index contributed by atoms with van der Waals surface area (Å²) < 4.78 is 11.8. The zero-order valence-electron chi connectivity index (χ0n) is 21.7. The molecule has 0 aromatic heterocycles. The van der Waals surface area contributed by atoms with Crippen LogP contribution in [0.25, 0.3) is 11.1 Å². The molecular weight excluding hydrogens is 420 g/mol. The van der Waals surface area contributed by atoms with E-state index in [4.69, 9.17) is 20.9 Å². The van der Waals surface area contributed by atoms with Crippen molar-refractivity contribution in [3.05, 3.63) is 36.4 Å². The Labute approximate surface area is 208 Å². The summed E-state index contributed by atoms with van der Waals surface area (Å²) in [6, 6.07) is 12.0. The van der Waals surface area contributed by atoms with Gasteiger partial charge in [-0.05, 0) is 48.2 Å². The van der Waals surface area contributed by atoms with Gasteiger partial charge in [0, 0.05) is 0 Å². The molecule has 0 radical (unpaired) electrons. The molecule has 0 saturated heterocycles. The smallest absolute Gasteiger partial charge is 0.142 e. The average molecular weight is 469 g/mol. The van der Waals surface area contributed by atoms with Crippen molar-refractivity contribution in [1.82, 2.24) is 0 Å². The van der Waals surface area contributed by atoms with Gasteiger partial charge in [-0.2, -0.15) is 0 Å². The summed E-state index contributed by atoms with van der Waals surface area (Å²) in [7, 11) is 0. The van der Waals surface area contributed by atoms with E-state index in [0.717, 1.165) is 48.7 Å². The van der Waals surface area contributed by atoms with E-state index in [1.54, 1.807) is 0 Å². The minimum absolute atomic E-state index is 0.665. The molecule has 0 aliphatic rings. The van der Waals surface area contributed by atoms with Gasteiger partial charge < -0.3 is 20.9 Å². The van der Waals surface area contributed by atoms with E-state index >= 15 is 0 Å². The van der Waals surface area contributed by atoms with Crippen LogP contribution in [0.2, 0.25) is 0 Å². The minimum atomic E-state index is 0.665. The molecule has 2 aromatic carbocycles. The van der Waals surface area contributed by atoms with Gasteiger partial charge in [0.2, 0.25) is 0 Å². The van der Waals surface area contributed by atoms with Crippen LogP contribution in [-0.4, -0.2) is 13.2 Å². The fourth-order valence-corrected chi connectivity index (χ4v) is 4.20. The lowest BCUT2D eigenvalue weighted by molar-refractivity contribution is 0.305. The van der Waals surface area contributed by atoms with Gasteiger partial charge in [-0.3, -0.25) is 0 Å². The van der Waals surface area contributed by atoms with Crippen LogP contribution in [0, 0.1) is 0 Å². The van der Waals surface area contributed by atoms with Gasteiger partial charge in [0.05, 0.1) is 24.6 Å². The summed E-state index contributed by atoms with van der Waals surface area (Å²) in [6.45, 7) is 5.94. The third-order valence-electron chi connectivity index (χ3n) is 6.36. The Bertz CT molecular complexity index is 739. The lowest BCUT2D eigenvalue weighted by Gasteiger charge is -2.13. The molecule has 4 heteroatoms. The molecule has 190 valence electrons. The number of benzene rings is 2. The molecule has 4 nitrogen and oxygen atoms in total. The molecular formula is C30H48N2O2. The molecule has 2 aromatic rings. The van der Waals surface area contributed by atoms with E-state index < -0.39 is 0 Å². The third kappa shape index (κ3) is 10.7. The Balaban J connectivity index is 1.74. The summed E-state index contributed by atoms with van der Waals surface area (Å²) in [5, 5.41) is 0. The predicted octanol–water partition coefficient (Wildman–Crippen LogP) is 8.78. The van der Waals surface area contributed by atoms with E-state index in [9.17, 15) is 0 Å². The highest BCUT2D eigenvalue weighted by molar-refractivity contribution is 5.74. The standard InChI is InChI=1S/C30H48N2O2/c1-3-5-7-9-11-13-15-21-33-29-19-17-25(23-27(29)31)26-18-20-30(28(32)24-26)34-22-16-14-12-10-8-6-4-2/h17-20,23-24H,3-16,21-22,31-32H2,1-2H3. The highest BCUT2D eigenvalue weighted by Gasteiger charge is 2.07. The Kier molecular flexibility index (Phi) is 14.0. The quantitative estimate of drug-likeness (QED) is 0.160. The molecule has 34 heavy (non-hydrogen) atoms. The third-order valence-corrected chi connectivity index (χ3v) is 6.36. The number of ether oxygens (including phenoxy) is 2. The van der Waals surface area contributed by atoms with Crippen molar-refractivity contribution in [3.63, 3.8) is 0 Å². The lowest BCUT2D eigenvalue weighted by Crippen LogP contribution is -2.01. The molecule has 4 N–H and O–H groups in total. The fourth-order valence-electron chi connectivity index (χ4n) is 4.20. The minimum Gasteiger partial charge on any atom is -0.491 e. The van der Waals surface area contributed by atoms with Gasteiger partial charge in [0.1, 0.15) is 11.5 Å². The average Bonchev–Trinajstić information content (AvgIpc) is 2.84. The van der Waals surface area contributed by atoms with Crippen molar-refractivity contribution in [2.24, 2.45) is 0 Å². The largest absolute Gasteiger partial charge is 0.491 e. The Hall–Kier alpha value is -2.36. The number of anilines is 2. The monoisotopic (exact) mass is 468 g/mol. The van der Waals surface area contributed by atoms with E-state index in [1.807, 2.05) is 36.4 Å². The number of nitrogen functional groups attached to an aromatic ring is 2. The Morgan fingerprint density at radius 1 is 0.500 bits per heavy atom. The first-order valence-electron chi connectivity index (χ1n) is 13.7. The van der Waals surface area contributed by atoms with Crippen LogP contribution in [0.4, 0.5) is 11.4 Å². The zero-order chi connectivity index (χ0) is 24.4. The second-order valence-corrected chi connectivity index (χ2v) is 9.44. The maximum absolute atomic E-state index is 6.27. The van der Waals surface area contributed by atoms with E-state index in [1.165, 1.54) is 77.0 Å². The lowest BCUT2D eigenvalue weighted by atomic mass is 10.0. The first kappa shape index (κ1) is 27.9. The van der Waals surface area contributed by atoms with E-state index in [-0.39, 0.29) is 0 Å². The number of unbranched alkanes of at least 4 members (excludes halogenated alkanes) is 12. The zero-order valence-corrected chi connectivity index (χ0v) is 21.7. The Morgan fingerprint density at radius 2 is 0.853 bits per heavy atom. The number of hydrogen-bond acceptors (Lipinski definition) is 4. The SMILES string of the molecule is CCCCCCCCCOc1ccc(-c2ccc(OCCCCCCCCC)c(N)c2)cc1N. The molecule has 0 fully saturated rings. The number of rotatable bonds is 19. The second-order valence-electron chi connectivity index (χ2n) is 9.44. The summed E-state index contributed by atoms with van der Waals surface area (Å²) in [5.41, 5.74) is 15.9. The van der Waals surface area contributed by atoms with Crippen molar-refractivity contribution in [2.75, 3.05) is 24.7 Å². The first-order chi connectivity index (χ1) is 16.7. The summed E-state index contributed by atoms with van der Waals surface area (Å²) in [4.78, 5) is 0. The fraction of sp³-hybridized carbons (Fsp3) is 0.600. The Morgan fingerprint density at radius 3 is 1.21 bits per heavy atom. The highest BCUT2D eigenvalue weighted by atomic mass is 16.5. The van der Waals surface area contributed by atoms with Crippen molar-refractivity contribution in [3.8, 4) is 22.6 Å². The molecule has 0 bridgehead atoms. The molecule has 0 saturated carbocycles. The van der Waals surface area contributed by atoms with Crippen LogP contribution >= 0.6 is 0 Å². The molecule has 0 atom stereocenters. The van der Waals surface area contributed by atoms with Gasteiger partial charge >= 0.3 is 0 Å². The van der Waals surface area contributed by atoms with Crippen LogP contribution in [-0.2, 0) is 0 Å². The van der Waals surface area contributed by atoms with E-state index in [2.05, 4.69) is 13.8 Å². The predicted molar refractivity (Wildman–Crippen MR) is 148 cm³/mol. The van der Waals surface area contributed by atoms with Crippen LogP contribution in [0.15, 0.2) is 36.4 Å². The molecule has 0 aliphatic heterocycles. The van der Waals surface area contributed by atoms with Gasteiger partial charge in [-0.1, -0.05) is 103 Å². The molecule has 0 unspecified atom stereocenters. The van der Waals surface area contributed by atoms with Crippen molar-refractivity contribution in [2.45, 2.75) is 104 Å². The highest BCUT2D eigenvalue weighted by Crippen LogP contribution is 2.32. The van der Waals surface area contributed by atoms with Gasteiger partial charge in [0.15, 0.2) is 0 Å². The van der Waals surface area contributed by atoms with E-state index in [0.29, 0.717) is 11.4 Å². The summed E-state index contributed by atoms with van der Waals surface area (Å²) >= 11 is 0. The maximum atomic E-state index is 6.27. The van der Waals surface area contributed by atoms with Crippen LogP contribution in [0.1, 0.15) is 104 Å². The second kappa shape index (κ2) is 17.1. The topological polar surface area (TPSA) is 70.5 Å². The maximum Gasteiger partial charge on any atom is 0.142 e. The van der Waals surface area contributed by atoms with Crippen molar-refractivity contribution >= 4 is 11.4 Å². The van der Waals surface area contributed by atoms with Gasteiger partial charge in [0.25, 0.3) is 0 Å².